The van der Waals surface area contributed by atoms with Crippen LogP contribution in [0.15, 0.2) is 48.5 Å². The second-order valence-electron chi connectivity index (χ2n) is 13.6. The Balaban J connectivity index is 1.36. The van der Waals surface area contributed by atoms with E-state index >= 15 is 8.78 Å². The molecule has 0 bridgehead atoms. The third-order valence-corrected chi connectivity index (χ3v) is 9.08. The molecular weight excluding hydrogens is 695 g/mol. The number of carbonyl (C=O) groups excluding carboxylic acids is 1. The zero-order chi connectivity index (χ0) is 37.5. The summed E-state index contributed by atoms with van der Waals surface area (Å²) < 4.78 is 103. The second kappa shape index (κ2) is 12.1. The van der Waals surface area contributed by atoms with Gasteiger partial charge in [0.2, 0.25) is 5.91 Å². The van der Waals surface area contributed by atoms with Gasteiger partial charge in [0.1, 0.15) is 46.8 Å². The Morgan fingerprint density at radius 1 is 1.12 bits per heavy atom. The molecule has 5 aromatic rings. The van der Waals surface area contributed by atoms with Crippen LogP contribution >= 0.6 is 0 Å². The summed E-state index contributed by atoms with van der Waals surface area (Å²) in [4.78, 5) is 22.8. The first kappa shape index (κ1) is 35.0. The van der Waals surface area contributed by atoms with Gasteiger partial charge in [-0.3, -0.25) is 13.9 Å². The molecule has 270 valence electrons. The van der Waals surface area contributed by atoms with Crippen molar-refractivity contribution in [2.24, 2.45) is 5.92 Å². The van der Waals surface area contributed by atoms with Gasteiger partial charge in [0.25, 0.3) is 5.92 Å². The topological polar surface area (TPSA) is 123 Å². The van der Waals surface area contributed by atoms with E-state index in [2.05, 4.69) is 32.2 Å². The summed E-state index contributed by atoms with van der Waals surface area (Å²) in [5, 5.41) is 16.3. The highest BCUT2D eigenvalue weighted by Gasteiger charge is 2.68. The number of aryl methyl sites for hydroxylation is 1. The molecular formula is C36H30F7N7O2. The van der Waals surface area contributed by atoms with E-state index in [0.717, 1.165) is 12.1 Å². The summed E-state index contributed by atoms with van der Waals surface area (Å²) in [6, 6.07) is 9.75. The molecule has 0 unspecified atom stereocenters. The van der Waals surface area contributed by atoms with Gasteiger partial charge in [-0.15, -0.1) is 0 Å². The standard InChI is InChI=1S/C36H30F7N7O2/c1-17-45-33(44)27-6-4-5-26(50(17)27)22-8-7-21(9-10-34(2,3)52)46-30(22)25(13-18-11-19(37)14-20(38)12-18)47-28(51)16-49-32-29(31(48-49)36(41,42)43)23-15-24(23)35(32,39)40/h4-8,11-12,14,23-25,52H,13,15-16,44H2,1-3H3,(H,47,51)/t23-,24+,25-/m0/s1. The quantitative estimate of drug-likeness (QED) is 0.136. The van der Waals surface area contributed by atoms with Crippen molar-refractivity contribution < 1.29 is 40.6 Å². The zero-order valence-corrected chi connectivity index (χ0v) is 27.8. The second-order valence-corrected chi connectivity index (χ2v) is 13.6. The van der Waals surface area contributed by atoms with Crippen molar-refractivity contribution in [1.29, 1.82) is 0 Å². The third kappa shape index (κ3) is 6.33. The van der Waals surface area contributed by atoms with Gasteiger partial charge in [-0.2, -0.15) is 27.1 Å². The lowest BCUT2D eigenvalue weighted by atomic mass is 9.96. The first-order chi connectivity index (χ1) is 24.3. The number of carbonyl (C=O) groups is 1. The van der Waals surface area contributed by atoms with Crippen molar-refractivity contribution in [3.8, 4) is 23.1 Å². The number of nitrogens with two attached hydrogens (primary N) is 1. The van der Waals surface area contributed by atoms with Crippen LogP contribution in [0.5, 0.6) is 0 Å². The zero-order valence-electron chi connectivity index (χ0n) is 27.8. The largest absolute Gasteiger partial charge is 0.435 e. The Hall–Kier alpha value is -5.43. The van der Waals surface area contributed by atoms with Gasteiger partial charge >= 0.3 is 6.18 Å². The number of alkyl halides is 5. The normalized spacial score (nSPS) is 18.1. The molecule has 4 N–H and O–H groups in total. The maximum atomic E-state index is 15.3. The lowest BCUT2D eigenvalue weighted by molar-refractivity contribution is -0.142. The fraction of sp³-hybridized carbons (Fsp3) is 0.333. The van der Waals surface area contributed by atoms with Crippen LogP contribution in [0.3, 0.4) is 0 Å². The summed E-state index contributed by atoms with van der Waals surface area (Å²) in [5.74, 6) is -2.71. The van der Waals surface area contributed by atoms with Crippen molar-refractivity contribution in [2.75, 3.05) is 5.73 Å². The van der Waals surface area contributed by atoms with Gasteiger partial charge < -0.3 is 16.2 Å². The number of anilines is 1. The number of pyridine rings is 2. The van der Waals surface area contributed by atoms with E-state index in [1.54, 1.807) is 41.7 Å². The van der Waals surface area contributed by atoms with Crippen molar-refractivity contribution in [3.05, 3.63) is 99.9 Å². The van der Waals surface area contributed by atoms with Gasteiger partial charge in [-0.25, -0.2) is 18.7 Å². The minimum absolute atomic E-state index is 0.0655. The first-order valence-corrected chi connectivity index (χ1v) is 16.1. The van der Waals surface area contributed by atoms with Crippen LogP contribution < -0.4 is 11.1 Å². The monoisotopic (exact) mass is 725 g/mol. The molecule has 2 aliphatic rings. The van der Waals surface area contributed by atoms with E-state index in [-0.39, 0.29) is 35.6 Å². The van der Waals surface area contributed by atoms with Crippen LogP contribution in [-0.2, 0) is 29.9 Å². The molecule has 1 saturated carbocycles. The molecule has 1 aromatic carbocycles. The summed E-state index contributed by atoms with van der Waals surface area (Å²) >= 11 is 0. The molecule has 3 atom stereocenters. The molecule has 4 heterocycles. The number of imidazole rings is 1. The van der Waals surface area contributed by atoms with E-state index in [4.69, 9.17) is 5.73 Å². The number of nitrogen functional groups attached to an aromatic ring is 1. The number of aliphatic hydroxyl groups is 1. The summed E-state index contributed by atoms with van der Waals surface area (Å²) in [6.07, 6.45) is -5.47. The molecule has 1 fully saturated rings. The predicted molar refractivity (Wildman–Crippen MR) is 174 cm³/mol. The van der Waals surface area contributed by atoms with E-state index in [1.165, 1.54) is 13.8 Å². The Bertz CT molecular complexity index is 2310. The van der Waals surface area contributed by atoms with Crippen molar-refractivity contribution in [2.45, 2.75) is 69.8 Å². The highest BCUT2D eigenvalue weighted by Crippen LogP contribution is 2.68. The average molecular weight is 726 g/mol. The maximum Gasteiger partial charge on any atom is 0.435 e. The minimum Gasteiger partial charge on any atom is -0.382 e. The fourth-order valence-corrected chi connectivity index (χ4v) is 6.94. The van der Waals surface area contributed by atoms with Gasteiger partial charge in [0, 0.05) is 23.1 Å². The van der Waals surface area contributed by atoms with Crippen molar-refractivity contribution in [1.82, 2.24) is 29.5 Å². The Morgan fingerprint density at radius 3 is 2.50 bits per heavy atom. The SMILES string of the molecule is Cc1nc(N)c2cccc(-c3ccc(C#CC(C)(C)O)nc3[C@H](Cc3cc(F)cc(F)c3)NC(=O)Cn3nc(C(F)(F)F)c4c3C(F)(F)[C@@H]3C[C@H]43)n12. The molecule has 52 heavy (non-hydrogen) atoms. The molecule has 0 saturated heterocycles. The van der Waals surface area contributed by atoms with Crippen LogP contribution in [0.4, 0.5) is 36.6 Å². The lowest BCUT2D eigenvalue weighted by Gasteiger charge is -2.23. The van der Waals surface area contributed by atoms with Crippen LogP contribution in [0.1, 0.15) is 72.0 Å². The number of halogens is 7. The summed E-state index contributed by atoms with van der Waals surface area (Å²) in [5.41, 5.74) is 3.36. The van der Waals surface area contributed by atoms with Crippen molar-refractivity contribution >= 4 is 17.2 Å². The maximum absolute atomic E-state index is 15.3. The molecule has 0 aliphatic heterocycles. The Kier molecular flexibility index (Phi) is 8.13. The lowest BCUT2D eigenvalue weighted by Crippen LogP contribution is -2.35. The van der Waals surface area contributed by atoms with Crippen molar-refractivity contribution in [3.63, 3.8) is 0 Å². The molecule has 7 rings (SSSR count). The number of fused-ring (bicyclic) bond motifs is 4. The molecule has 16 heteroatoms. The van der Waals surface area contributed by atoms with Gasteiger partial charge in [-0.05, 0) is 87.4 Å². The van der Waals surface area contributed by atoms with Crippen LogP contribution in [0.25, 0.3) is 16.8 Å². The average Bonchev–Trinajstić information content (AvgIpc) is 3.59. The molecule has 0 radical (unpaired) electrons. The Labute approximate surface area is 291 Å². The van der Waals surface area contributed by atoms with Crippen LogP contribution in [0, 0.1) is 36.3 Å². The van der Waals surface area contributed by atoms with E-state index in [1.807, 2.05) is 0 Å². The number of benzene rings is 1. The molecule has 9 nitrogen and oxygen atoms in total. The molecule has 2 aliphatic carbocycles. The van der Waals surface area contributed by atoms with E-state index in [9.17, 15) is 31.9 Å². The highest BCUT2D eigenvalue weighted by atomic mass is 19.4. The van der Waals surface area contributed by atoms with Gasteiger partial charge in [0.15, 0.2) is 5.69 Å². The van der Waals surface area contributed by atoms with Gasteiger partial charge in [0.05, 0.1) is 22.9 Å². The predicted octanol–water partition coefficient (Wildman–Crippen LogP) is 6.21. The van der Waals surface area contributed by atoms with Crippen LogP contribution in [0.2, 0.25) is 0 Å². The van der Waals surface area contributed by atoms with E-state index in [0.29, 0.717) is 33.3 Å². The van der Waals surface area contributed by atoms with Gasteiger partial charge in [-0.1, -0.05) is 12.0 Å². The number of hydrogen-bond donors (Lipinski definition) is 3. The minimum atomic E-state index is -5.04. The fourth-order valence-electron chi connectivity index (χ4n) is 6.94. The number of nitrogens with zero attached hydrogens (tertiary/aromatic N) is 5. The summed E-state index contributed by atoms with van der Waals surface area (Å²) in [7, 11) is 0. The van der Waals surface area contributed by atoms with Crippen LogP contribution in [-0.4, -0.2) is 40.8 Å². The highest BCUT2D eigenvalue weighted by molar-refractivity contribution is 5.78. The van der Waals surface area contributed by atoms with E-state index < -0.39 is 76.6 Å². The Morgan fingerprint density at radius 2 is 1.83 bits per heavy atom. The number of rotatable bonds is 7. The summed E-state index contributed by atoms with van der Waals surface area (Å²) in [6.45, 7) is 3.58. The molecule has 4 aromatic heterocycles. The number of aromatic nitrogens is 5. The number of nitrogens with one attached hydrogen (secondary N) is 1. The molecule has 1 amide bonds. The molecule has 0 spiro atoms. The smallest absolute Gasteiger partial charge is 0.382 e. The third-order valence-electron chi connectivity index (χ3n) is 9.08. The number of hydrogen-bond acceptors (Lipinski definition) is 6. The first-order valence-electron chi connectivity index (χ1n) is 16.1. The number of amides is 1.